The molecule has 0 radical (unpaired) electrons. The van der Waals surface area contributed by atoms with Crippen LogP contribution in [-0.4, -0.2) is 49.2 Å². The second-order valence-electron chi connectivity index (χ2n) is 4.80. The minimum Gasteiger partial charge on any atom is -0.396 e. The lowest BCUT2D eigenvalue weighted by Gasteiger charge is -2.38. The van der Waals surface area contributed by atoms with Crippen LogP contribution in [0.1, 0.15) is 12.8 Å². The number of aliphatic hydroxyl groups is 2. The minimum atomic E-state index is -0.317. The third-order valence-electron chi connectivity index (χ3n) is 3.72. The summed E-state index contributed by atoms with van der Waals surface area (Å²) in [4.78, 5) is 0. The molecule has 4 nitrogen and oxygen atoms in total. The summed E-state index contributed by atoms with van der Waals surface area (Å²) >= 11 is 0. The predicted molar refractivity (Wildman–Crippen MR) is 56.5 cm³/mol. The van der Waals surface area contributed by atoms with E-state index in [-0.39, 0.29) is 12.7 Å². The van der Waals surface area contributed by atoms with Crippen LogP contribution < -0.4 is 5.32 Å². The molecule has 4 unspecified atom stereocenters. The number of rotatable bonds is 2. The van der Waals surface area contributed by atoms with Crippen LogP contribution in [0.3, 0.4) is 0 Å². The van der Waals surface area contributed by atoms with E-state index in [4.69, 9.17) is 9.84 Å². The van der Waals surface area contributed by atoms with E-state index in [0.717, 1.165) is 32.5 Å². The van der Waals surface area contributed by atoms with Gasteiger partial charge in [0.15, 0.2) is 0 Å². The van der Waals surface area contributed by atoms with Crippen molar-refractivity contribution in [3.63, 3.8) is 0 Å². The van der Waals surface area contributed by atoms with Gasteiger partial charge >= 0.3 is 0 Å². The fraction of sp³-hybridized carbons (Fsp3) is 1.00. The lowest BCUT2D eigenvalue weighted by Crippen LogP contribution is -2.46. The van der Waals surface area contributed by atoms with Gasteiger partial charge in [-0.25, -0.2) is 0 Å². The first kappa shape index (κ1) is 11.3. The lowest BCUT2D eigenvalue weighted by molar-refractivity contribution is -0.0683. The van der Waals surface area contributed by atoms with E-state index < -0.39 is 0 Å². The SMILES string of the molecule is OCC1CNCC(C2CCOCC2O)C1. The van der Waals surface area contributed by atoms with Crippen molar-refractivity contribution < 1.29 is 14.9 Å². The molecular weight excluding hydrogens is 194 g/mol. The third kappa shape index (κ3) is 2.69. The number of piperidine rings is 1. The highest BCUT2D eigenvalue weighted by atomic mass is 16.5. The van der Waals surface area contributed by atoms with Crippen molar-refractivity contribution in [1.82, 2.24) is 5.32 Å². The zero-order valence-corrected chi connectivity index (χ0v) is 9.06. The van der Waals surface area contributed by atoms with Crippen LogP contribution >= 0.6 is 0 Å². The van der Waals surface area contributed by atoms with Gasteiger partial charge in [0.1, 0.15) is 0 Å². The Morgan fingerprint density at radius 2 is 2.20 bits per heavy atom. The largest absolute Gasteiger partial charge is 0.396 e. The van der Waals surface area contributed by atoms with Gasteiger partial charge in [-0.05, 0) is 37.1 Å². The van der Waals surface area contributed by atoms with Gasteiger partial charge < -0.3 is 20.3 Å². The fourth-order valence-corrected chi connectivity index (χ4v) is 2.82. The van der Waals surface area contributed by atoms with E-state index in [1.807, 2.05) is 0 Å². The molecule has 3 N–H and O–H groups in total. The van der Waals surface area contributed by atoms with Crippen molar-refractivity contribution in [3.05, 3.63) is 0 Å². The van der Waals surface area contributed by atoms with E-state index in [0.29, 0.717) is 24.4 Å². The molecule has 0 saturated carbocycles. The van der Waals surface area contributed by atoms with Crippen LogP contribution in [0.25, 0.3) is 0 Å². The zero-order valence-electron chi connectivity index (χ0n) is 9.06. The molecule has 2 saturated heterocycles. The number of aliphatic hydroxyl groups excluding tert-OH is 2. The maximum atomic E-state index is 9.86. The summed E-state index contributed by atoms with van der Waals surface area (Å²) in [6.45, 7) is 3.38. The Morgan fingerprint density at radius 1 is 1.33 bits per heavy atom. The molecule has 0 bridgehead atoms. The average molecular weight is 215 g/mol. The molecule has 2 aliphatic rings. The summed E-state index contributed by atoms with van der Waals surface area (Å²) in [5.74, 6) is 1.20. The van der Waals surface area contributed by atoms with Crippen molar-refractivity contribution in [1.29, 1.82) is 0 Å². The maximum absolute atomic E-state index is 9.86. The summed E-state index contributed by atoms with van der Waals surface area (Å²) in [5, 5.41) is 22.4. The van der Waals surface area contributed by atoms with Gasteiger partial charge in [-0.15, -0.1) is 0 Å². The summed E-state index contributed by atoms with van der Waals surface area (Å²) < 4.78 is 5.24. The zero-order chi connectivity index (χ0) is 10.7. The van der Waals surface area contributed by atoms with Crippen molar-refractivity contribution in [2.45, 2.75) is 18.9 Å². The standard InChI is InChI=1S/C11H21NO3/c13-6-8-3-9(5-12-4-8)10-1-2-15-7-11(10)14/h8-14H,1-7H2. The van der Waals surface area contributed by atoms with Gasteiger partial charge in [-0.2, -0.15) is 0 Å². The molecule has 0 aromatic rings. The third-order valence-corrected chi connectivity index (χ3v) is 3.72. The second kappa shape index (κ2) is 5.25. The first-order valence-electron chi connectivity index (χ1n) is 5.88. The molecule has 4 heteroatoms. The summed E-state index contributed by atoms with van der Waals surface area (Å²) in [7, 11) is 0. The van der Waals surface area contributed by atoms with Crippen LogP contribution in [0, 0.1) is 17.8 Å². The van der Waals surface area contributed by atoms with Gasteiger partial charge in [-0.3, -0.25) is 0 Å². The molecule has 2 heterocycles. The summed E-state index contributed by atoms with van der Waals surface area (Å²) in [5.41, 5.74) is 0. The van der Waals surface area contributed by atoms with Crippen LogP contribution in [0.15, 0.2) is 0 Å². The molecule has 4 atom stereocenters. The summed E-state index contributed by atoms with van der Waals surface area (Å²) in [6, 6.07) is 0. The molecule has 88 valence electrons. The Hall–Kier alpha value is -0.160. The molecule has 2 aliphatic heterocycles. The molecule has 0 amide bonds. The minimum absolute atomic E-state index is 0.253. The van der Waals surface area contributed by atoms with Crippen molar-refractivity contribution in [3.8, 4) is 0 Å². The number of hydrogen-bond donors (Lipinski definition) is 3. The van der Waals surface area contributed by atoms with Crippen molar-refractivity contribution in [2.75, 3.05) is 32.9 Å². The highest BCUT2D eigenvalue weighted by Crippen LogP contribution is 2.30. The van der Waals surface area contributed by atoms with Crippen molar-refractivity contribution in [2.24, 2.45) is 17.8 Å². The second-order valence-corrected chi connectivity index (χ2v) is 4.80. The number of nitrogens with one attached hydrogen (secondary N) is 1. The molecule has 0 aromatic heterocycles. The first-order chi connectivity index (χ1) is 7.31. The Balaban J connectivity index is 1.90. The Labute approximate surface area is 90.6 Å². The fourth-order valence-electron chi connectivity index (χ4n) is 2.82. The van der Waals surface area contributed by atoms with Gasteiger partial charge in [0.2, 0.25) is 0 Å². The van der Waals surface area contributed by atoms with Crippen LogP contribution in [0.2, 0.25) is 0 Å². The highest BCUT2D eigenvalue weighted by molar-refractivity contribution is 4.85. The van der Waals surface area contributed by atoms with E-state index in [1.165, 1.54) is 0 Å². The van der Waals surface area contributed by atoms with Crippen LogP contribution in [0.4, 0.5) is 0 Å². The smallest absolute Gasteiger partial charge is 0.0805 e. The number of hydrogen-bond acceptors (Lipinski definition) is 4. The Morgan fingerprint density at radius 3 is 2.93 bits per heavy atom. The maximum Gasteiger partial charge on any atom is 0.0805 e. The average Bonchev–Trinajstić information content (AvgIpc) is 2.30. The predicted octanol–water partition coefficient (Wildman–Crippen LogP) is -0.398. The molecule has 0 aromatic carbocycles. The van der Waals surface area contributed by atoms with Crippen LogP contribution in [-0.2, 0) is 4.74 Å². The van der Waals surface area contributed by atoms with Crippen molar-refractivity contribution >= 4 is 0 Å². The van der Waals surface area contributed by atoms with Gasteiger partial charge in [0.25, 0.3) is 0 Å². The van der Waals surface area contributed by atoms with E-state index >= 15 is 0 Å². The van der Waals surface area contributed by atoms with Gasteiger partial charge in [0, 0.05) is 19.8 Å². The normalized spacial score (nSPS) is 42.8. The van der Waals surface area contributed by atoms with E-state index in [9.17, 15) is 5.11 Å². The molecule has 0 spiro atoms. The van der Waals surface area contributed by atoms with E-state index in [1.54, 1.807) is 0 Å². The molecule has 2 fully saturated rings. The Bertz CT molecular complexity index is 200. The Kier molecular flexibility index (Phi) is 3.97. The first-order valence-corrected chi connectivity index (χ1v) is 5.88. The van der Waals surface area contributed by atoms with Crippen LogP contribution in [0.5, 0.6) is 0 Å². The highest BCUT2D eigenvalue weighted by Gasteiger charge is 2.34. The molecule has 2 rings (SSSR count). The molecule has 15 heavy (non-hydrogen) atoms. The van der Waals surface area contributed by atoms with Gasteiger partial charge in [-0.1, -0.05) is 0 Å². The molecular formula is C11H21NO3. The quantitative estimate of drug-likeness (QED) is 0.586. The topological polar surface area (TPSA) is 61.7 Å². The monoisotopic (exact) mass is 215 g/mol. The summed E-state index contributed by atoms with van der Waals surface area (Å²) in [6.07, 6.45) is 1.67. The number of ether oxygens (including phenoxy) is 1. The molecule has 0 aliphatic carbocycles. The van der Waals surface area contributed by atoms with E-state index in [2.05, 4.69) is 5.32 Å². The van der Waals surface area contributed by atoms with Gasteiger partial charge in [0.05, 0.1) is 12.7 Å². The lowest BCUT2D eigenvalue weighted by atomic mass is 9.77.